The lowest BCUT2D eigenvalue weighted by atomic mass is 9.89. The van der Waals surface area contributed by atoms with E-state index >= 15 is 0 Å². The summed E-state index contributed by atoms with van der Waals surface area (Å²) in [4.78, 5) is 30.6. The van der Waals surface area contributed by atoms with Crippen LogP contribution in [0.4, 0.5) is 0 Å². The fourth-order valence-corrected chi connectivity index (χ4v) is 4.34. The van der Waals surface area contributed by atoms with E-state index in [-0.39, 0.29) is 18.0 Å². The smallest absolute Gasteiger partial charge is 0.275 e. The van der Waals surface area contributed by atoms with Crippen molar-refractivity contribution in [3.05, 3.63) is 76.8 Å². The molecule has 0 radical (unpaired) electrons. The Morgan fingerprint density at radius 2 is 1.76 bits per heavy atom. The number of benzene rings is 2. The number of hydrogen-bond donors (Lipinski definition) is 1. The average molecular weight is 386 g/mol. The fraction of sp³-hybridized carbons (Fsp3) is 0.261. The summed E-state index contributed by atoms with van der Waals surface area (Å²) in [6.45, 7) is 1.39. The van der Waals surface area contributed by atoms with Crippen molar-refractivity contribution in [2.75, 3.05) is 13.1 Å². The Hall–Kier alpha value is -3.41. The molecule has 1 N–H and O–H groups in total. The first-order chi connectivity index (χ1) is 14.2. The van der Waals surface area contributed by atoms with Gasteiger partial charge in [-0.3, -0.25) is 9.59 Å². The number of piperidine rings is 1. The van der Waals surface area contributed by atoms with E-state index in [2.05, 4.69) is 34.5 Å². The summed E-state index contributed by atoms with van der Waals surface area (Å²) < 4.78 is 1.27. The third kappa shape index (κ3) is 3.20. The summed E-state index contributed by atoms with van der Waals surface area (Å²) in [6.07, 6.45) is 5.60. The highest BCUT2D eigenvalue weighted by atomic mass is 16.2. The van der Waals surface area contributed by atoms with Crippen LogP contribution in [0.3, 0.4) is 0 Å². The van der Waals surface area contributed by atoms with Gasteiger partial charge in [0.25, 0.3) is 5.56 Å². The van der Waals surface area contributed by atoms with Gasteiger partial charge in [0.2, 0.25) is 5.91 Å². The SMILES string of the molecule is O=C(Cn1ncc2ccccc2c1=O)N1CCC(c2c[nH]c3ccccc23)CC1. The maximum Gasteiger partial charge on any atom is 0.275 e. The van der Waals surface area contributed by atoms with Gasteiger partial charge < -0.3 is 9.88 Å². The number of aromatic nitrogens is 3. The summed E-state index contributed by atoms with van der Waals surface area (Å²) in [5, 5.41) is 6.83. The number of carbonyl (C=O) groups is 1. The number of likely N-dealkylation sites (tertiary alicyclic amines) is 1. The monoisotopic (exact) mass is 386 g/mol. The molecule has 1 amide bonds. The molecule has 1 saturated heterocycles. The zero-order chi connectivity index (χ0) is 19.8. The molecule has 0 saturated carbocycles. The lowest BCUT2D eigenvalue weighted by molar-refractivity contribution is -0.133. The van der Waals surface area contributed by atoms with Crippen LogP contribution in [-0.2, 0) is 11.3 Å². The number of H-pyrrole nitrogens is 1. The predicted octanol–water partition coefficient (Wildman–Crippen LogP) is 3.28. The van der Waals surface area contributed by atoms with Crippen LogP contribution < -0.4 is 5.56 Å². The second-order valence-corrected chi connectivity index (χ2v) is 7.64. The van der Waals surface area contributed by atoms with Gasteiger partial charge in [0.15, 0.2) is 0 Å². The van der Waals surface area contributed by atoms with Crippen molar-refractivity contribution in [2.24, 2.45) is 0 Å². The molecule has 2 aromatic carbocycles. The highest BCUT2D eigenvalue weighted by Gasteiger charge is 2.25. The van der Waals surface area contributed by atoms with Crippen molar-refractivity contribution in [1.29, 1.82) is 0 Å². The van der Waals surface area contributed by atoms with Crippen molar-refractivity contribution in [3.63, 3.8) is 0 Å². The van der Waals surface area contributed by atoms with E-state index in [0.29, 0.717) is 24.4 Å². The minimum Gasteiger partial charge on any atom is -0.361 e. The maximum absolute atomic E-state index is 12.8. The van der Waals surface area contributed by atoms with E-state index in [0.717, 1.165) is 23.7 Å². The minimum atomic E-state index is -0.217. The lowest BCUT2D eigenvalue weighted by Crippen LogP contribution is -2.41. The first-order valence-electron chi connectivity index (χ1n) is 9.99. The van der Waals surface area contributed by atoms with E-state index in [1.165, 1.54) is 15.6 Å². The molecule has 4 aromatic rings. The quantitative estimate of drug-likeness (QED) is 0.587. The number of amides is 1. The van der Waals surface area contributed by atoms with E-state index < -0.39 is 0 Å². The summed E-state index contributed by atoms with van der Waals surface area (Å²) >= 11 is 0. The number of fused-ring (bicyclic) bond motifs is 2. The highest BCUT2D eigenvalue weighted by molar-refractivity contribution is 5.84. The molecule has 5 rings (SSSR count). The van der Waals surface area contributed by atoms with Crippen LogP contribution in [0.5, 0.6) is 0 Å². The van der Waals surface area contributed by atoms with Crippen molar-refractivity contribution < 1.29 is 4.79 Å². The van der Waals surface area contributed by atoms with Gasteiger partial charge in [0.1, 0.15) is 6.54 Å². The van der Waals surface area contributed by atoms with Gasteiger partial charge >= 0.3 is 0 Å². The predicted molar refractivity (Wildman–Crippen MR) is 113 cm³/mol. The van der Waals surface area contributed by atoms with Gasteiger partial charge in [-0.1, -0.05) is 36.4 Å². The largest absolute Gasteiger partial charge is 0.361 e. The van der Waals surface area contributed by atoms with Gasteiger partial charge in [-0.15, -0.1) is 0 Å². The first kappa shape index (κ1) is 17.7. The Kier molecular flexibility index (Phi) is 4.39. The van der Waals surface area contributed by atoms with Gasteiger partial charge in [-0.05, 0) is 36.5 Å². The van der Waals surface area contributed by atoms with E-state index in [1.807, 2.05) is 29.2 Å². The molecule has 1 aliphatic rings. The molecule has 0 unspecified atom stereocenters. The van der Waals surface area contributed by atoms with Crippen LogP contribution in [0.1, 0.15) is 24.3 Å². The molecule has 0 bridgehead atoms. The number of carbonyl (C=O) groups excluding carboxylic acids is 1. The van der Waals surface area contributed by atoms with Crippen LogP contribution >= 0.6 is 0 Å². The Bertz CT molecular complexity index is 1250. The number of hydrogen-bond acceptors (Lipinski definition) is 3. The summed E-state index contributed by atoms with van der Waals surface area (Å²) in [5.41, 5.74) is 2.27. The molecule has 1 fully saturated rings. The lowest BCUT2D eigenvalue weighted by Gasteiger charge is -2.32. The molecule has 146 valence electrons. The third-order valence-corrected chi connectivity index (χ3v) is 5.96. The third-order valence-electron chi connectivity index (χ3n) is 5.96. The number of para-hydroxylation sites is 1. The molecule has 0 atom stereocenters. The second-order valence-electron chi connectivity index (χ2n) is 7.64. The van der Waals surface area contributed by atoms with Gasteiger partial charge in [0, 0.05) is 35.6 Å². The van der Waals surface area contributed by atoms with E-state index in [9.17, 15) is 9.59 Å². The molecule has 6 nitrogen and oxygen atoms in total. The van der Waals surface area contributed by atoms with Crippen molar-refractivity contribution in [1.82, 2.24) is 19.7 Å². The zero-order valence-corrected chi connectivity index (χ0v) is 16.0. The van der Waals surface area contributed by atoms with Crippen molar-refractivity contribution >= 4 is 27.6 Å². The Balaban J connectivity index is 1.28. The molecular formula is C23H22N4O2. The van der Waals surface area contributed by atoms with Crippen molar-refractivity contribution in [3.8, 4) is 0 Å². The van der Waals surface area contributed by atoms with Crippen LogP contribution in [0.25, 0.3) is 21.7 Å². The second kappa shape index (κ2) is 7.20. The Morgan fingerprint density at radius 3 is 2.59 bits per heavy atom. The van der Waals surface area contributed by atoms with Gasteiger partial charge in [-0.25, -0.2) is 4.68 Å². The zero-order valence-electron chi connectivity index (χ0n) is 16.0. The molecule has 2 aromatic heterocycles. The first-order valence-corrected chi connectivity index (χ1v) is 9.99. The molecular weight excluding hydrogens is 364 g/mol. The fourth-order valence-electron chi connectivity index (χ4n) is 4.34. The molecule has 3 heterocycles. The number of rotatable bonds is 3. The van der Waals surface area contributed by atoms with Gasteiger partial charge in [0.05, 0.1) is 11.6 Å². The summed E-state index contributed by atoms with van der Waals surface area (Å²) in [6, 6.07) is 15.7. The summed E-state index contributed by atoms with van der Waals surface area (Å²) in [5.74, 6) is 0.393. The molecule has 1 aliphatic heterocycles. The van der Waals surface area contributed by atoms with Gasteiger partial charge in [-0.2, -0.15) is 5.10 Å². The molecule has 0 spiro atoms. The highest BCUT2D eigenvalue weighted by Crippen LogP contribution is 2.33. The van der Waals surface area contributed by atoms with Crippen molar-refractivity contribution in [2.45, 2.75) is 25.3 Å². The molecule has 29 heavy (non-hydrogen) atoms. The average Bonchev–Trinajstić information content (AvgIpc) is 3.20. The normalized spacial score (nSPS) is 15.2. The minimum absolute atomic E-state index is 0.0125. The van der Waals surface area contributed by atoms with E-state index in [4.69, 9.17) is 0 Å². The van der Waals surface area contributed by atoms with Crippen LogP contribution in [0.15, 0.2) is 65.7 Å². The topological polar surface area (TPSA) is 71.0 Å². The number of nitrogens with zero attached hydrogens (tertiary/aromatic N) is 3. The molecule has 6 heteroatoms. The number of nitrogens with one attached hydrogen (secondary N) is 1. The standard InChI is InChI=1S/C23H22N4O2/c28-22(15-27-23(29)18-6-2-1-5-17(18)13-25-27)26-11-9-16(10-12-26)20-14-24-21-8-4-3-7-19(20)21/h1-8,13-14,16,24H,9-12,15H2. The van der Waals surface area contributed by atoms with E-state index in [1.54, 1.807) is 12.3 Å². The van der Waals surface area contributed by atoms with Crippen LogP contribution in [-0.4, -0.2) is 38.7 Å². The molecule has 0 aliphatic carbocycles. The van der Waals surface area contributed by atoms with Crippen LogP contribution in [0, 0.1) is 0 Å². The summed E-state index contributed by atoms with van der Waals surface area (Å²) in [7, 11) is 0. The number of aromatic amines is 1. The van der Waals surface area contributed by atoms with Crippen LogP contribution in [0.2, 0.25) is 0 Å². The Labute approximate surface area is 167 Å². The maximum atomic E-state index is 12.8. The Morgan fingerprint density at radius 1 is 1.03 bits per heavy atom.